The summed E-state index contributed by atoms with van der Waals surface area (Å²) in [7, 11) is 1.33. The van der Waals surface area contributed by atoms with Crippen molar-refractivity contribution in [3.63, 3.8) is 0 Å². The lowest BCUT2D eigenvalue weighted by atomic mass is 10.1. The number of anilines is 1. The van der Waals surface area contributed by atoms with Crippen LogP contribution in [0.2, 0.25) is 0 Å². The van der Waals surface area contributed by atoms with Crippen molar-refractivity contribution in [1.82, 2.24) is 15.2 Å². The highest BCUT2D eigenvalue weighted by Gasteiger charge is 2.48. The van der Waals surface area contributed by atoms with Crippen LogP contribution in [0.25, 0.3) is 0 Å². The van der Waals surface area contributed by atoms with Crippen LogP contribution in [0.4, 0.5) is 5.13 Å². The molecule has 116 valence electrons. The van der Waals surface area contributed by atoms with Gasteiger partial charge in [-0.05, 0) is 0 Å². The molecule has 8 nitrogen and oxygen atoms in total. The summed E-state index contributed by atoms with van der Waals surface area (Å²) in [4.78, 5) is 34.7. The highest BCUT2D eigenvalue weighted by molar-refractivity contribution is 8.00. The second-order valence-electron chi connectivity index (χ2n) is 4.50. The predicted octanol–water partition coefficient (Wildman–Crippen LogP) is -0.0106. The molecule has 2 atom stereocenters. The Kier molecular flexibility index (Phi) is 4.03. The summed E-state index contributed by atoms with van der Waals surface area (Å²) in [5.41, 5.74) is 5.89. The number of fused-ring (bicyclic) bond motifs is 1. The normalized spacial score (nSPS) is 23.8. The van der Waals surface area contributed by atoms with Crippen molar-refractivity contribution in [3.8, 4) is 0 Å². The molecule has 0 unspecified atom stereocenters. The van der Waals surface area contributed by atoms with E-state index in [1.54, 1.807) is 28.2 Å². The molecule has 1 aromatic heterocycles. The highest BCUT2D eigenvalue weighted by Crippen LogP contribution is 2.33. The number of thiazole rings is 1. The van der Waals surface area contributed by atoms with Crippen molar-refractivity contribution in [1.29, 1.82) is 0 Å². The van der Waals surface area contributed by atoms with Crippen LogP contribution in [-0.2, 0) is 14.4 Å². The monoisotopic (exact) mass is 339 g/mol. The Hall–Kier alpha value is -2.07. The number of nitrogens with zero attached hydrogens (tertiary/aromatic N) is 3. The Balaban J connectivity index is 1.74. The van der Waals surface area contributed by atoms with Gasteiger partial charge >= 0.3 is 0 Å². The summed E-state index contributed by atoms with van der Waals surface area (Å²) in [5, 5.41) is 8.24. The maximum atomic E-state index is 12.4. The molecule has 0 aromatic carbocycles. The number of oxime groups is 1. The van der Waals surface area contributed by atoms with Crippen molar-refractivity contribution in [2.45, 2.75) is 11.4 Å². The molecule has 10 heteroatoms. The molecule has 3 N–H and O–H groups in total. The van der Waals surface area contributed by atoms with Gasteiger partial charge in [0.1, 0.15) is 24.2 Å². The summed E-state index contributed by atoms with van der Waals surface area (Å²) >= 11 is 2.79. The van der Waals surface area contributed by atoms with Crippen LogP contribution in [0.3, 0.4) is 0 Å². The van der Waals surface area contributed by atoms with Crippen molar-refractivity contribution in [2.24, 2.45) is 5.16 Å². The SMILES string of the molecule is CO/N=C(\C(=O)N[C@@H]1C(=O)N2C=CCS[C@H]12)c1csc(N)n1. The number of rotatable bonds is 4. The first kappa shape index (κ1) is 14.9. The van der Waals surface area contributed by atoms with E-state index in [0.717, 1.165) is 5.75 Å². The Morgan fingerprint density at radius 2 is 2.45 bits per heavy atom. The molecular formula is C12H13N5O3S2. The molecule has 2 aliphatic heterocycles. The fourth-order valence-electron chi connectivity index (χ4n) is 2.17. The number of thioether (sulfide) groups is 1. The number of nitrogen functional groups attached to an aromatic ring is 1. The third-order valence-electron chi connectivity index (χ3n) is 3.16. The third-order valence-corrected chi connectivity index (χ3v) is 5.06. The number of hydrogen-bond donors (Lipinski definition) is 2. The molecule has 2 aliphatic rings. The van der Waals surface area contributed by atoms with Gasteiger partial charge in [0, 0.05) is 17.3 Å². The highest BCUT2D eigenvalue weighted by atomic mass is 32.2. The van der Waals surface area contributed by atoms with Gasteiger partial charge in [-0.25, -0.2) is 4.98 Å². The van der Waals surface area contributed by atoms with Gasteiger partial charge in [0.05, 0.1) is 0 Å². The fourth-order valence-corrected chi connectivity index (χ4v) is 3.82. The molecule has 0 aliphatic carbocycles. The van der Waals surface area contributed by atoms with Gasteiger partial charge in [-0.3, -0.25) is 9.59 Å². The van der Waals surface area contributed by atoms with Gasteiger partial charge in [0.15, 0.2) is 10.8 Å². The average molecular weight is 339 g/mol. The van der Waals surface area contributed by atoms with Crippen molar-refractivity contribution < 1.29 is 14.4 Å². The number of β-lactam (4-membered cyclic amide) rings is 1. The van der Waals surface area contributed by atoms with E-state index in [2.05, 4.69) is 15.5 Å². The molecule has 1 fully saturated rings. The minimum absolute atomic E-state index is 0.00180. The zero-order valence-corrected chi connectivity index (χ0v) is 13.2. The van der Waals surface area contributed by atoms with Crippen molar-refractivity contribution in [2.75, 3.05) is 18.6 Å². The van der Waals surface area contributed by atoms with Crippen LogP contribution < -0.4 is 11.1 Å². The van der Waals surface area contributed by atoms with Crippen LogP contribution in [0.5, 0.6) is 0 Å². The van der Waals surface area contributed by atoms with E-state index in [9.17, 15) is 9.59 Å². The van der Waals surface area contributed by atoms with E-state index in [-0.39, 0.29) is 17.0 Å². The molecule has 0 spiro atoms. The number of amides is 2. The second kappa shape index (κ2) is 5.97. The predicted molar refractivity (Wildman–Crippen MR) is 84.2 cm³/mol. The summed E-state index contributed by atoms with van der Waals surface area (Å²) in [6, 6.07) is -0.569. The van der Waals surface area contributed by atoms with E-state index in [1.807, 2.05) is 6.08 Å². The quantitative estimate of drug-likeness (QED) is 0.453. The van der Waals surface area contributed by atoms with Gasteiger partial charge in [-0.15, -0.1) is 23.1 Å². The maximum absolute atomic E-state index is 12.4. The Bertz CT molecular complexity index is 671. The van der Waals surface area contributed by atoms with Gasteiger partial charge in [-0.2, -0.15) is 0 Å². The first-order valence-electron chi connectivity index (χ1n) is 6.35. The Morgan fingerprint density at radius 1 is 1.64 bits per heavy atom. The maximum Gasteiger partial charge on any atom is 0.276 e. The van der Waals surface area contributed by atoms with Crippen LogP contribution in [0.1, 0.15) is 5.69 Å². The number of hydrogen-bond acceptors (Lipinski definition) is 8. The van der Waals surface area contributed by atoms with Gasteiger partial charge in [0.25, 0.3) is 11.8 Å². The molecule has 0 radical (unpaired) electrons. The summed E-state index contributed by atoms with van der Waals surface area (Å²) in [5.74, 6) is 0.152. The third kappa shape index (κ3) is 2.55. The Labute approximate surface area is 134 Å². The molecule has 0 saturated carbocycles. The topological polar surface area (TPSA) is 110 Å². The molecule has 1 saturated heterocycles. The minimum Gasteiger partial charge on any atom is -0.398 e. The van der Waals surface area contributed by atoms with E-state index in [1.165, 1.54) is 18.4 Å². The van der Waals surface area contributed by atoms with Crippen molar-refractivity contribution in [3.05, 3.63) is 23.3 Å². The van der Waals surface area contributed by atoms with E-state index >= 15 is 0 Å². The molecular weight excluding hydrogens is 326 g/mol. The smallest absolute Gasteiger partial charge is 0.276 e. The van der Waals surface area contributed by atoms with Gasteiger partial charge < -0.3 is 20.8 Å². The van der Waals surface area contributed by atoms with E-state index < -0.39 is 11.9 Å². The largest absolute Gasteiger partial charge is 0.398 e. The van der Waals surface area contributed by atoms with E-state index in [0.29, 0.717) is 10.8 Å². The number of nitrogens with two attached hydrogens (primary N) is 1. The number of carbonyl (C=O) groups is 2. The lowest BCUT2D eigenvalue weighted by molar-refractivity contribution is -0.143. The van der Waals surface area contributed by atoms with Gasteiger partial charge in [-0.1, -0.05) is 11.2 Å². The van der Waals surface area contributed by atoms with Crippen LogP contribution in [0, 0.1) is 0 Å². The zero-order chi connectivity index (χ0) is 15.7. The van der Waals surface area contributed by atoms with E-state index in [4.69, 9.17) is 10.6 Å². The molecule has 3 rings (SSSR count). The lowest BCUT2D eigenvalue weighted by Crippen LogP contribution is -2.68. The first-order valence-corrected chi connectivity index (χ1v) is 8.28. The zero-order valence-electron chi connectivity index (χ0n) is 11.6. The number of aromatic nitrogens is 1. The fraction of sp³-hybridized carbons (Fsp3) is 0.333. The summed E-state index contributed by atoms with van der Waals surface area (Å²) in [6.07, 6.45) is 3.66. The van der Waals surface area contributed by atoms with Gasteiger partial charge in [0.2, 0.25) is 0 Å². The average Bonchev–Trinajstić information content (AvgIpc) is 2.95. The summed E-state index contributed by atoms with van der Waals surface area (Å²) < 4.78 is 0. The first-order chi connectivity index (χ1) is 10.6. The second-order valence-corrected chi connectivity index (χ2v) is 6.54. The molecule has 2 amide bonds. The molecule has 22 heavy (non-hydrogen) atoms. The van der Waals surface area contributed by atoms with Crippen LogP contribution >= 0.6 is 23.1 Å². The lowest BCUT2D eigenvalue weighted by Gasteiger charge is -2.46. The Morgan fingerprint density at radius 3 is 3.14 bits per heavy atom. The number of carbonyl (C=O) groups excluding carboxylic acids is 2. The summed E-state index contributed by atoms with van der Waals surface area (Å²) in [6.45, 7) is 0. The van der Waals surface area contributed by atoms with Crippen LogP contribution in [-0.4, -0.2) is 51.7 Å². The minimum atomic E-state index is -0.569. The van der Waals surface area contributed by atoms with Crippen LogP contribution in [0.15, 0.2) is 22.8 Å². The standard InChI is InChI=1S/C12H13N5O3S2/c1-20-16-7(6-5-22-12(13)14-6)9(18)15-8-10(19)17-3-2-4-21-11(8)17/h2-3,5,8,11H,4H2,1H3,(H2,13,14)(H,15,18)/b16-7-/t8-,11-/m1/s1. The van der Waals surface area contributed by atoms with Crippen molar-refractivity contribution >= 4 is 45.8 Å². The number of nitrogens with one attached hydrogen (secondary N) is 1. The molecule has 1 aromatic rings. The molecule has 3 heterocycles. The molecule has 0 bridgehead atoms.